The van der Waals surface area contributed by atoms with Crippen molar-refractivity contribution < 1.29 is 33.2 Å². The highest BCUT2D eigenvalue weighted by molar-refractivity contribution is 7.24. The van der Waals surface area contributed by atoms with Crippen LogP contribution in [0.15, 0.2) is 47.3 Å². The van der Waals surface area contributed by atoms with Crippen molar-refractivity contribution in [1.82, 2.24) is 0 Å². The number of fused-ring (bicyclic) bond motifs is 2. The first-order valence-electron chi connectivity index (χ1n) is 9.99. The van der Waals surface area contributed by atoms with Crippen molar-refractivity contribution in [3.8, 4) is 0 Å². The number of halogens is 1. The normalized spacial score (nSPS) is 11.7. The van der Waals surface area contributed by atoms with E-state index in [-0.39, 0.29) is 29.4 Å². The summed E-state index contributed by atoms with van der Waals surface area (Å²) in [4.78, 5) is 12.8. The van der Waals surface area contributed by atoms with Gasteiger partial charge in [0.1, 0.15) is 0 Å². The van der Waals surface area contributed by atoms with Crippen LogP contribution in [0.1, 0.15) is 32.8 Å². The molecule has 0 spiro atoms. The summed E-state index contributed by atoms with van der Waals surface area (Å²) in [6, 6.07) is 14.0. The van der Waals surface area contributed by atoms with Crippen LogP contribution in [0.3, 0.4) is 0 Å². The van der Waals surface area contributed by atoms with Crippen LogP contribution in [0.2, 0.25) is 0 Å². The van der Waals surface area contributed by atoms with E-state index in [2.05, 4.69) is 32.9 Å². The van der Waals surface area contributed by atoms with E-state index in [1.54, 1.807) is 11.3 Å². The van der Waals surface area contributed by atoms with Crippen molar-refractivity contribution in [2.24, 2.45) is 0 Å². The third kappa shape index (κ3) is 5.12. The first kappa shape index (κ1) is 23.3. The number of ether oxygens (including phenoxy) is 1. The minimum absolute atomic E-state index is 0. The molecule has 2 aromatic carbocycles. The quantitative estimate of drug-likeness (QED) is 0.191. The molecule has 0 aliphatic heterocycles. The molecule has 28 heavy (non-hydrogen) atoms. The maximum Gasteiger partial charge on any atom is 0.195 e. The van der Waals surface area contributed by atoms with Crippen LogP contribution in [0, 0.1) is 0 Å². The van der Waals surface area contributed by atoms with Gasteiger partial charge >= 0.3 is 0 Å². The van der Waals surface area contributed by atoms with Crippen LogP contribution in [0.5, 0.6) is 0 Å². The van der Waals surface area contributed by atoms with E-state index in [0.717, 1.165) is 43.2 Å². The van der Waals surface area contributed by atoms with Gasteiger partial charge in [-0.15, -0.1) is 11.3 Å². The lowest BCUT2D eigenvalue weighted by Crippen LogP contribution is -3.00. The van der Waals surface area contributed by atoms with E-state index in [0.29, 0.717) is 6.61 Å². The number of nitrogens with zero attached hydrogens (tertiary/aromatic N) is 1. The first-order valence-corrected chi connectivity index (χ1v) is 10.8. The Balaban J connectivity index is 0.00000280. The zero-order valence-electron chi connectivity index (χ0n) is 17.0. The second-order valence-corrected chi connectivity index (χ2v) is 8.26. The van der Waals surface area contributed by atoms with Crippen molar-refractivity contribution >= 4 is 31.5 Å². The van der Waals surface area contributed by atoms with Gasteiger partial charge in [-0.2, -0.15) is 0 Å². The van der Waals surface area contributed by atoms with Gasteiger partial charge in [-0.25, -0.2) is 0 Å². The highest BCUT2D eigenvalue weighted by Gasteiger charge is 2.19. The van der Waals surface area contributed by atoms with Crippen LogP contribution in [-0.2, 0) is 11.3 Å². The fourth-order valence-corrected chi connectivity index (χ4v) is 4.83. The molecule has 5 heteroatoms. The van der Waals surface area contributed by atoms with Crippen molar-refractivity contribution in [1.29, 1.82) is 0 Å². The summed E-state index contributed by atoms with van der Waals surface area (Å²) in [7, 11) is 0. The largest absolute Gasteiger partial charge is 1.00 e. The van der Waals surface area contributed by atoms with Gasteiger partial charge in [0.15, 0.2) is 5.43 Å². The fraction of sp³-hybridized carbons (Fsp3) is 0.435. The maximum atomic E-state index is 12.8. The summed E-state index contributed by atoms with van der Waals surface area (Å²) < 4.78 is 9.16. The van der Waals surface area contributed by atoms with Gasteiger partial charge in [-0.3, -0.25) is 4.79 Å². The maximum absolute atomic E-state index is 12.8. The van der Waals surface area contributed by atoms with Gasteiger partial charge in [0, 0.05) is 26.6 Å². The molecule has 0 unspecified atom stereocenters. The molecule has 0 aliphatic rings. The molecule has 0 N–H and O–H groups in total. The summed E-state index contributed by atoms with van der Waals surface area (Å²) in [5.41, 5.74) is 1.20. The van der Waals surface area contributed by atoms with Crippen LogP contribution >= 0.6 is 11.3 Å². The van der Waals surface area contributed by atoms with Crippen LogP contribution in [0.4, 0.5) is 0 Å². The van der Waals surface area contributed by atoms with E-state index in [1.165, 1.54) is 26.2 Å². The lowest BCUT2D eigenvalue weighted by molar-refractivity contribution is -0.923. The Morgan fingerprint density at radius 3 is 2.32 bits per heavy atom. The molecule has 0 atom stereocenters. The molecule has 3 rings (SSSR count). The summed E-state index contributed by atoms with van der Waals surface area (Å²) in [5.74, 6) is 0. The minimum atomic E-state index is 0. The van der Waals surface area contributed by atoms with Gasteiger partial charge in [0.2, 0.25) is 0 Å². The number of benzene rings is 2. The molecule has 3 aromatic rings. The van der Waals surface area contributed by atoms with E-state index < -0.39 is 0 Å². The topological polar surface area (TPSA) is 26.3 Å². The Bertz CT molecular complexity index is 957. The van der Waals surface area contributed by atoms with Crippen molar-refractivity contribution in [3.63, 3.8) is 0 Å². The molecule has 1 heterocycles. The van der Waals surface area contributed by atoms with E-state index in [4.69, 9.17) is 4.74 Å². The van der Waals surface area contributed by atoms with Crippen molar-refractivity contribution in [3.05, 3.63) is 58.3 Å². The Morgan fingerprint density at radius 1 is 0.929 bits per heavy atom. The molecule has 3 nitrogen and oxygen atoms in total. The molecular formula is C23H30INO2S. The molecule has 0 bridgehead atoms. The molecule has 1 aromatic heterocycles. The number of quaternary nitrogens is 1. The average molecular weight is 511 g/mol. The fourth-order valence-electron chi connectivity index (χ4n) is 3.78. The van der Waals surface area contributed by atoms with Gasteiger partial charge < -0.3 is 33.2 Å². The molecule has 152 valence electrons. The molecule has 0 saturated carbocycles. The summed E-state index contributed by atoms with van der Waals surface area (Å²) in [5, 5.41) is 1.61. The van der Waals surface area contributed by atoms with E-state index in [9.17, 15) is 4.79 Å². The highest BCUT2D eigenvalue weighted by Crippen LogP contribution is 2.25. The SMILES string of the molecule is CC[N+](CC)(CC)CCCOCc1ccc2sc3ccccc3c(=O)c2c1.[I-]. The molecule has 0 aliphatic carbocycles. The zero-order valence-corrected chi connectivity index (χ0v) is 20.0. The van der Waals surface area contributed by atoms with Crippen LogP contribution in [-0.4, -0.2) is 37.3 Å². The second-order valence-electron chi connectivity index (χ2n) is 7.18. The molecular weight excluding hydrogens is 481 g/mol. The van der Waals surface area contributed by atoms with E-state index in [1.807, 2.05) is 30.3 Å². The standard InChI is InChI=1S/C23H30NO2S.HI/c1-4-24(5-2,6-3)14-9-15-26-17-18-12-13-22-20(16-18)23(25)19-10-7-8-11-21(19)27-22;/h7-8,10-13,16H,4-6,9,14-15,17H2,1-3H3;1H/q+1;/p-1. The van der Waals surface area contributed by atoms with Gasteiger partial charge in [-0.05, 0) is 50.6 Å². The molecule has 0 saturated heterocycles. The van der Waals surface area contributed by atoms with E-state index >= 15 is 0 Å². The molecule has 0 fully saturated rings. The Kier molecular flexibility index (Phi) is 8.86. The monoisotopic (exact) mass is 511 g/mol. The summed E-state index contributed by atoms with van der Waals surface area (Å²) in [6.07, 6.45) is 1.07. The Hall–Kier alpha value is -1.02. The summed E-state index contributed by atoms with van der Waals surface area (Å²) >= 11 is 1.67. The molecule has 0 radical (unpaired) electrons. The van der Waals surface area contributed by atoms with Gasteiger partial charge in [0.05, 0.1) is 39.4 Å². The van der Waals surface area contributed by atoms with Crippen LogP contribution in [0.25, 0.3) is 20.2 Å². The third-order valence-corrected chi connectivity index (χ3v) is 6.99. The lowest BCUT2D eigenvalue weighted by Gasteiger charge is -2.35. The molecule has 0 amide bonds. The van der Waals surface area contributed by atoms with Crippen LogP contribution < -0.4 is 29.4 Å². The number of hydrogen-bond donors (Lipinski definition) is 0. The predicted octanol–water partition coefficient (Wildman–Crippen LogP) is 2.20. The van der Waals surface area contributed by atoms with Crippen molar-refractivity contribution in [2.75, 3.05) is 32.8 Å². The smallest absolute Gasteiger partial charge is 0.195 e. The minimum Gasteiger partial charge on any atom is -1.00 e. The van der Waals surface area contributed by atoms with Gasteiger partial charge in [-0.1, -0.05) is 18.2 Å². The Labute approximate surface area is 188 Å². The van der Waals surface area contributed by atoms with Gasteiger partial charge in [0.25, 0.3) is 0 Å². The zero-order chi connectivity index (χ0) is 19.3. The van der Waals surface area contributed by atoms with Crippen molar-refractivity contribution in [2.45, 2.75) is 33.8 Å². The number of rotatable bonds is 9. The lowest BCUT2D eigenvalue weighted by atomic mass is 10.1. The summed E-state index contributed by atoms with van der Waals surface area (Å²) in [6.45, 7) is 12.9. The predicted molar refractivity (Wildman–Crippen MR) is 117 cm³/mol. The average Bonchev–Trinajstić information content (AvgIpc) is 2.72. The highest BCUT2D eigenvalue weighted by atomic mass is 127. The second kappa shape index (κ2) is 10.7. The number of hydrogen-bond acceptors (Lipinski definition) is 3. The first-order chi connectivity index (χ1) is 13.1. The Morgan fingerprint density at radius 2 is 1.61 bits per heavy atom. The third-order valence-electron chi connectivity index (χ3n) is 5.84.